The van der Waals surface area contributed by atoms with Crippen LogP contribution in [0.2, 0.25) is 0 Å². The number of rotatable bonds is 6. The minimum absolute atomic E-state index is 0.105. The van der Waals surface area contributed by atoms with Gasteiger partial charge in [0.25, 0.3) is 5.91 Å². The summed E-state index contributed by atoms with van der Waals surface area (Å²) in [4.78, 5) is 71.5. The van der Waals surface area contributed by atoms with Crippen LogP contribution in [0.25, 0.3) is 11.1 Å². The second-order valence-corrected chi connectivity index (χ2v) is 15.5. The first-order chi connectivity index (χ1) is 24.3. The zero-order valence-corrected chi connectivity index (χ0v) is 29.9. The van der Waals surface area contributed by atoms with Crippen molar-refractivity contribution in [2.75, 3.05) is 26.7 Å². The molecule has 0 unspecified atom stereocenters. The molecule has 0 aromatic heterocycles. The molecule has 6 rings (SSSR count). The van der Waals surface area contributed by atoms with E-state index >= 15 is 0 Å². The number of hydrogen-bond donors (Lipinski definition) is 2. The Hall–Kier alpha value is -4.67. The second-order valence-electron chi connectivity index (χ2n) is 15.5. The number of methoxy groups -OCH3 is 1. The highest BCUT2D eigenvalue weighted by Gasteiger charge is 2.62. The molecule has 0 spiro atoms. The van der Waals surface area contributed by atoms with E-state index in [1.165, 1.54) is 0 Å². The molecule has 4 aliphatic rings. The first kappa shape index (κ1) is 36.1. The number of nitrogens with one attached hydrogen (secondary N) is 1. The van der Waals surface area contributed by atoms with E-state index in [0.717, 1.165) is 42.6 Å². The summed E-state index contributed by atoms with van der Waals surface area (Å²) in [6.45, 7) is 6.15. The Balaban J connectivity index is 1.26. The third-order valence-corrected chi connectivity index (χ3v) is 10.8. The minimum Gasteiger partial charge on any atom is -0.497 e. The van der Waals surface area contributed by atoms with E-state index in [-0.39, 0.29) is 49.6 Å². The summed E-state index contributed by atoms with van der Waals surface area (Å²) >= 11 is 0. The van der Waals surface area contributed by atoms with Crippen molar-refractivity contribution in [3.63, 3.8) is 0 Å². The van der Waals surface area contributed by atoms with Crippen LogP contribution in [0.5, 0.6) is 5.75 Å². The minimum atomic E-state index is -1.44. The molecule has 2 aromatic carbocycles. The molecule has 2 N–H and O–H groups in total. The monoisotopic (exact) mass is 699 g/mol. The van der Waals surface area contributed by atoms with Gasteiger partial charge in [0.05, 0.1) is 13.5 Å². The standard InChI is InChI=1S/C40H49N3O8/c1-39(2,3)51-33(44)20-28-11-8-6-5-7-9-14-30-21-40(30,38(48)49)41-35(45)34-32-24-42(22-29(32)23-43(34)37(28)47)36(46)27-13-10-12-26(19-27)25-15-17-31(50-4)18-16-25/h9-10,12-19,28-30,32,34H,5-8,11,20-24H2,1-4H3,(H,41,45)(H,48,49)/b14-9-/t28-,29-,30+,32-,34-,40+/m0/s1. The number of benzene rings is 2. The van der Waals surface area contributed by atoms with Crippen LogP contribution in [0.15, 0.2) is 60.7 Å². The molecule has 51 heavy (non-hydrogen) atoms. The number of fused-ring (bicyclic) bond motifs is 4. The number of carboxylic acid groups (broad SMARTS) is 1. The van der Waals surface area contributed by atoms with Crippen LogP contribution in [-0.2, 0) is 23.9 Å². The molecular formula is C40H49N3O8. The number of aliphatic carboxylic acids is 1. The number of amides is 3. The van der Waals surface area contributed by atoms with Crippen molar-refractivity contribution in [1.82, 2.24) is 15.1 Å². The van der Waals surface area contributed by atoms with Crippen molar-refractivity contribution >= 4 is 29.7 Å². The molecule has 11 heteroatoms. The quantitative estimate of drug-likeness (QED) is 0.314. The predicted molar refractivity (Wildman–Crippen MR) is 190 cm³/mol. The largest absolute Gasteiger partial charge is 0.497 e. The number of allylic oxidation sites excluding steroid dienone is 1. The lowest BCUT2D eigenvalue weighted by molar-refractivity contribution is -0.159. The zero-order chi connectivity index (χ0) is 36.5. The summed E-state index contributed by atoms with van der Waals surface area (Å²) in [6.07, 6.45) is 7.70. The Labute approximate surface area is 299 Å². The van der Waals surface area contributed by atoms with Gasteiger partial charge in [-0.2, -0.15) is 0 Å². The van der Waals surface area contributed by atoms with E-state index in [0.29, 0.717) is 18.5 Å². The van der Waals surface area contributed by atoms with Gasteiger partial charge in [0, 0.05) is 48.9 Å². The highest BCUT2D eigenvalue weighted by molar-refractivity contribution is 5.97. The lowest BCUT2D eigenvalue weighted by atomic mass is 9.92. The molecule has 11 nitrogen and oxygen atoms in total. The van der Waals surface area contributed by atoms with E-state index in [9.17, 15) is 29.1 Å². The average Bonchev–Trinajstić information content (AvgIpc) is 3.44. The summed E-state index contributed by atoms with van der Waals surface area (Å²) in [5.74, 6) is -3.48. The van der Waals surface area contributed by atoms with E-state index in [1.54, 1.807) is 43.7 Å². The molecular weight excluding hydrogens is 650 g/mol. The van der Waals surface area contributed by atoms with Gasteiger partial charge in [0.1, 0.15) is 22.9 Å². The van der Waals surface area contributed by atoms with Crippen LogP contribution < -0.4 is 10.1 Å². The molecule has 0 radical (unpaired) electrons. The number of carbonyl (C=O) groups excluding carboxylic acids is 4. The maximum atomic E-state index is 14.4. The van der Waals surface area contributed by atoms with Crippen LogP contribution in [0.3, 0.4) is 0 Å². The number of carbonyl (C=O) groups is 5. The Morgan fingerprint density at radius 1 is 0.980 bits per heavy atom. The summed E-state index contributed by atoms with van der Waals surface area (Å²) in [5, 5.41) is 13.1. The van der Waals surface area contributed by atoms with Gasteiger partial charge < -0.3 is 29.7 Å². The Bertz CT molecular complexity index is 1700. The number of hydrogen-bond acceptors (Lipinski definition) is 7. The highest BCUT2D eigenvalue weighted by atomic mass is 16.6. The van der Waals surface area contributed by atoms with E-state index in [4.69, 9.17) is 9.47 Å². The average molecular weight is 700 g/mol. The van der Waals surface area contributed by atoms with Gasteiger partial charge in [-0.15, -0.1) is 0 Å². The lowest BCUT2D eigenvalue weighted by Crippen LogP contribution is -2.56. The molecule has 3 heterocycles. The molecule has 3 amide bonds. The van der Waals surface area contributed by atoms with Gasteiger partial charge in [-0.3, -0.25) is 19.2 Å². The lowest BCUT2D eigenvalue weighted by Gasteiger charge is -2.32. The van der Waals surface area contributed by atoms with Crippen molar-refractivity contribution in [2.45, 2.75) is 82.9 Å². The van der Waals surface area contributed by atoms with Gasteiger partial charge in [0.15, 0.2) is 0 Å². The normalized spacial score (nSPS) is 28.7. The van der Waals surface area contributed by atoms with E-state index in [2.05, 4.69) is 5.32 Å². The smallest absolute Gasteiger partial charge is 0.330 e. The number of carboxylic acids is 1. The topological polar surface area (TPSA) is 143 Å². The Morgan fingerprint density at radius 3 is 2.45 bits per heavy atom. The van der Waals surface area contributed by atoms with E-state index < -0.39 is 46.9 Å². The second kappa shape index (κ2) is 14.5. The predicted octanol–water partition coefficient (Wildman–Crippen LogP) is 5.09. The first-order valence-electron chi connectivity index (χ1n) is 18.1. The van der Waals surface area contributed by atoms with Gasteiger partial charge in [-0.25, -0.2) is 4.79 Å². The van der Waals surface area contributed by atoms with Crippen LogP contribution in [0.4, 0.5) is 0 Å². The molecule has 1 aliphatic carbocycles. The number of nitrogens with zero attached hydrogens (tertiary/aromatic N) is 2. The zero-order valence-electron chi connectivity index (χ0n) is 29.9. The van der Waals surface area contributed by atoms with Gasteiger partial charge >= 0.3 is 11.9 Å². The van der Waals surface area contributed by atoms with Crippen LogP contribution in [0.1, 0.15) is 76.1 Å². The Kier molecular flexibility index (Phi) is 10.3. The molecule has 0 bridgehead atoms. The van der Waals surface area contributed by atoms with Crippen molar-refractivity contribution in [3.8, 4) is 16.9 Å². The Morgan fingerprint density at radius 2 is 1.75 bits per heavy atom. The number of likely N-dealkylation sites (tertiary alicyclic amines) is 1. The molecule has 3 fully saturated rings. The molecule has 6 atom stereocenters. The molecule has 1 saturated carbocycles. The molecule has 3 aliphatic heterocycles. The van der Waals surface area contributed by atoms with Gasteiger partial charge in [0.2, 0.25) is 11.8 Å². The summed E-state index contributed by atoms with van der Waals surface area (Å²) in [5.41, 5.74) is 0.176. The van der Waals surface area contributed by atoms with E-state index in [1.807, 2.05) is 54.6 Å². The summed E-state index contributed by atoms with van der Waals surface area (Å²) in [7, 11) is 1.61. The molecule has 2 saturated heterocycles. The maximum absolute atomic E-state index is 14.4. The molecule has 2 aromatic rings. The third kappa shape index (κ3) is 7.82. The fourth-order valence-electron chi connectivity index (χ4n) is 8.05. The van der Waals surface area contributed by atoms with Crippen LogP contribution >= 0.6 is 0 Å². The molecule has 272 valence electrons. The van der Waals surface area contributed by atoms with Gasteiger partial charge in [-0.05, 0) is 81.8 Å². The van der Waals surface area contributed by atoms with Crippen molar-refractivity contribution in [3.05, 3.63) is 66.2 Å². The third-order valence-electron chi connectivity index (χ3n) is 10.8. The fourth-order valence-corrected chi connectivity index (χ4v) is 8.05. The fraction of sp³-hybridized carbons (Fsp3) is 0.525. The van der Waals surface area contributed by atoms with Crippen LogP contribution in [0, 0.1) is 23.7 Å². The first-order valence-corrected chi connectivity index (χ1v) is 18.1. The van der Waals surface area contributed by atoms with Crippen molar-refractivity contribution in [2.24, 2.45) is 23.7 Å². The van der Waals surface area contributed by atoms with Crippen molar-refractivity contribution in [1.29, 1.82) is 0 Å². The number of esters is 1. The van der Waals surface area contributed by atoms with Crippen molar-refractivity contribution < 1.29 is 38.6 Å². The maximum Gasteiger partial charge on any atom is 0.330 e. The highest BCUT2D eigenvalue weighted by Crippen LogP contribution is 2.46. The van der Waals surface area contributed by atoms with Gasteiger partial charge in [-0.1, -0.05) is 49.3 Å². The number of ether oxygens (including phenoxy) is 2. The van der Waals surface area contributed by atoms with Crippen LogP contribution in [-0.4, -0.2) is 88.5 Å². The summed E-state index contributed by atoms with van der Waals surface area (Å²) in [6, 6.07) is 14.0. The summed E-state index contributed by atoms with van der Waals surface area (Å²) < 4.78 is 10.9. The SMILES string of the molecule is COc1ccc(-c2cccc(C(=O)N3C[C@H]4CN5C(=O)[C@H](CC(=O)OC(C)(C)C)CCCCC/C=C\[C@@H]6C[C@@]6(C(=O)O)NC(=O)[C@@H]5[C@H]4C3)c2)cc1.